The molecule has 0 radical (unpaired) electrons. The summed E-state index contributed by atoms with van der Waals surface area (Å²) >= 11 is 0. The van der Waals surface area contributed by atoms with Crippen LogP contribution in [0.4, 0.5) is 5.82 Å². The molecule has 106 valence electrons. The fraction of sp³-hybridized carbons (Fsp3) is 0.438. The van der Waals surface area contributed by atoms with E-state index in [1.807, 2.05) is 24.4 Å². The van der Waals surface area contributed by atoms with Gasteiger partial charge in [0, 0.05) is 30.1 Å². The number of pyridine rings is 1. The van der Waals surface area contributed by atoms with Gasteiger partial charge < -0.3 is 15.4 Å². The number of rotatable bonds is 4. The molecule has 0 atom stereocenters. The van der Waals surface area contributed by atoms with E-state index in [0.717, 1.165) is 48.3 Å². The lowest BCUT2D eigenvalue weighted by atomic mass is 9.86. The first-order valence-corrected chi connectivity index (χ1v) is 7.12. The summed E-state index contributed by atoms with van der Waals surface area (Å²) in [5, 5.41) is 2.23. The Morgan fingerprint density at radius 2 is 2.10 bits per heavy atom. The molecule has 0 saturated carbocycles. The Kier molecular flexibility index (Phi) is 3.26. The van der Waals surface area contributed by atoms with Gasteiger partial charge in [0.1, 0.15) is 11.6 Å². The van der Waals surface area contributed by atoms with Crippen LogP contribution < -0.4 is 15.4 Å². The van der Waals surface area contributed by atoms with Gasteiger partial charge in [0.05, 0.1) is 12.6 Å². The van der Waals surface area contributed by atoms with Crippen LogP contribution in [0, 0.1) is 0 Å². The lowest BCUT2D eigenvalue weighted by molar-refractivity contribution is 0.306. The minimum Gasteiger partial charge on any atom is -0.496 e. The van der Waals surface area contributed by atoms with Crippen molar-refractivity contribution in [3.8, 4) is 5.75 Å². The van der Waals surface area contributed by atoms with E-state index in [1.54, 1.807) is 7.11 Å². The number of hydrogen-bond acceptors (Lipinski definition) is 4. The van der Waals surface area contributed by atoms with Crippen LogP contribution in [0.5, 0.6) is 5.75 Å². The Balaban J connectivity index is 1.94. The Morgan fingerprint density at radius 3 is 2.80 bits per heavy atom. The van der Waals surface area contributed by atoms with Crippen molar-refractivity contribution < 1.29 is 4.74 Å². The molecule has 1 aliphatic rings. The molecule has 4 nitrogen and oxygen atoms in total. The molecule has 20 heavy (non-hydrogen) atoms. The zero-order valence-corrected chi connectivity index (χ0v) is 12.1. The quantitative estimate of drug-likeness (QED) is 0.928. The number of aromatic nitrogens is 1. The van der Waals surface area contributed by atoms with Crippen LogP contribution >= 0.6 is 0 Å². The molecule has 3 rings (SSSR count). The van der Waals surface area contributed by atoms with E-state index in [9.17, 15) is 0 Å². The highest BCUT2D eigenvalue weighted by Crippen LogP contribution is 2.35. The first-order chi connectivity index (χ1) is 9.67. The second-order valence-electron chi connectivity index (χ2n) is 5.66. The van der Waals surface area contributed by atoms with Gasteiger partial charge in [-0.15, -0.1) is 0 Å². The average Bonchev–Trinajstić information content (AvgIpc) is 2.43. The SMILES string of the molecule is CCCC1(N)CN(c2nccc3c(OC)cccc23)C1. The smallest absolute Gasteiger partial charge is 0.136 e. The van der Waals surface area contributed by atoms with E-state index in [1.165, 1.54) is 0 Å². The monoisotopic (exact) mass is 271 g/mol. The summed E-state index contributed by atoms with van der Waals surface area (Å²) < 4.78 is 5.42. The summed E-state index contributed by atoms with van der Waals surface area (Å²) in [6, 6.07) is 8.08. The van der Waals surface area contributed by atoms with Crippen LogP contribution in [-0.2, 0) is 0 Å². The number of hydrogen-bond donors (Lipinski definition) is 1. The average molecular weight is 271 g/mol. The third-order valence-electron chi connectivity index (χ3n) is 4.02. The fourth-order valence-corrected chi connectivity index (χ4v) is 3.11. The summed E-state index contributed by atoms with van der Waals surface area (Å²) in [6.07, 6.45) is 4.04. The first-order valence-electron chi connectivity index (χ1n) is 7.12. The maximum Gasteiger partial charge on any atom is 0.136 e. The molecule has 0 amide bonds. The van der Waals surface area contributed by atoms with Crippen LogP contribution in [0.25, 0.3) is 10.8 Å². The van der Waals surface area contributed by atoms with Crippen molar-refractivity contribution in [2.24, 2.45) is 5.73 Å². The zero-order chi connectivity index (χ0) is 14.2. The largest absolute Gasteiger partial charge is 0.496 e. The Labute approximate surface area is 119 Å². The van der Waals surface area contributed by atoms with Gasteiger partial charge in [-0.05, 0) is 18.6 Å². The molecule has 4 heteroatoms. The second kappa shape index (κ2) is 4.94. The van der Waals surface area contributed by atoms with E-state index in [0.29, 0.717) is 0 Å². The number of nitrogens with two attached hydrogens (primary N) is 1. The third-order valence-corrected chi connectivity index (χ3v) is 4.02. The summed E-state index contributed by atoms with van der Waals surface area (Å²) in [5.74, 6) is 1.90. The Bertz CT molecular complexity index is 620. The summed E-state index contributed by atoms with van der Waals surface area (Å²) in [6.45, 7) is 3.94. The molecule has 1 saturated heterocycles. The van der Waals surface area contributed by atoms with Crippen molar-refractivity contribution in [2.75, 3.05) is 25.1 Å². The van der Waals surface area contributed by atoms with Gasteiger partial charge in [-0.25, -0.2) is 4.98 Å². The van der Waals surface area contributed by atoms with E-state index in [4.69, 9.17) is 10.5 Å². The van der Waals surface area contributed by atoms with Gasteiger partial charge in [-0.1, -0.05) is 25.5 Å². The second-order valence-corrected chi connectivity index (χ2v) is 5.66. The molecule has 1 aromatic carbocycles. The number of ether oxygens (including phenoxy) is 1. The molecule has 1 aliphatic heterocycles. The number of fused-ring (bicyclic) bond motifs is 1. The summed E-state index contributed by atoms with van der Waals surface area (Å²) in [7, 11) is 1.70. The highest BCUT2D eigenvalue weighted by molar-refractivity contribution is 5.96. The van der Waals surface area contributed by atoms with E-state index < -0.39 is 0 Å². The van der Waals surface area contributed by atoms with Crippen LogP contribution in [0.2, 0.25) is 0 Å². The number of nitrogens with zero attached hydrogens (tertiary/aromatic N) is 2. The molecule has 2 heterocycles. The minimum absolute atomic E-state index is 0.0442. The standard InChI is InChI=1S/C16H21N3O/c1-3-8-16(17)10-19(11-16)15-13-5-4-6-14(20-2)12(13)7-9-18-15/h4-7,9H,3,8,10-11,17H2,1-2H3. The van der Waals surface area contributed by atoms with Crippen molar-refractivity contribution in [2.45, 2.75) is 25.3 Å². The topological polar surface area (TPSA) is 51.4 Å². The van der Waals surface area contributed by atoms with Gasteiger partial charge >= 0.3 is 0 Å². The number of anilines is 1. The minimum atomic E-state index is -0.0442. The Morgan fingerprint density at radius 1 is 1.30 bits per heavy atom. The van der Waals surface area contributed by atoms with Crippen LogP contribution in [0.3, 0.4) is 0 Å². The number of methoxy groups -OCH3 is 1. The molecule has 1 aromatic heterocycles. The van der Waals surface area contributed by atoms with Crippen LogP contribution in [0.15, 0.2) is 30.5 Å². The molecular formula is C16H21N3O. The predicted molar refractivity (Wildman–Crippen MR) is 82.3 cm³/mol. The van der Waals surface area contributed by atoms with Crippen molar-refractivity contribution in [3.05, 3.63) is 30.5 Å². The first kappa shape index (κ1) is 13.2. The van der Waals surface area contributed by atoms with Gasteiger partial charge in [-0.3, -0.25) is 0 Å². The summed E-state index contributed by atoms with van der Waals surface area (Å²) in [4.78, 5) is 6.81. The molecule has 2 aromatic rings. The van der Waals surface area contributed by atoms with Gasteiger partial charge in [0.2, 0.25) is 0 Å². The maximum absolute atomic E-state index is 6.35. The zero-order valence-electron chi connectivity index (χ0n) is 12.1. The van der Waals surface area contributed by atoms with Gasteiger partial charge in [0.15, 0.2) is 0 Å². The highest BCUT2D eigenvalue weighted by Gasteiger charge is 2.39. The molecular weight excluding hydrogens is 250 g/mol. The van der Waals surface area contributed by atoms with E-state index >= 15 is 0 Å². The third kappa shape index (κ3) is 2.10. The van der Waals surface area contributed by atoms with Gasteiger partial charge in [0.25, 0.3) is 0 Å². The van der Waals surface area contributed by atoms with Crippen molar-refractivity contribution in [3.63, 3.8) is 0 Å². The maximum atomic E-state index is 6.35. The summed E-state index contributed by atoms with van der Waals surface area (Å²) in [5.41, 5.74) is 6.30. The molecule has 0 spiro atoms. The molecule has 1 fully saturated rings. The Hall–Kier alpha value is -1.81. The molecule has 2 N–H and O–H groups in total. The molecule has 0 aliphatic carbocycles. The van der Waals surface area contributed by atoms with E-state index in [2.05, 4.69) is 22.9 Å². The van der Waals surface area contributed by atoms with Crippen molar-refractivity contribution in [1.29, 1.82) is 0 Å². The fourth-order valence-electron chi connectivity index (χ4n) is 3.11. The van der Waals surface area contributed by atoms with Crippen LogP contribution in [0.1, 0.15) is 19.8 Å². The normalized spacial score (nSPS) is 17.1. The lowest BCUT2D eigenvalue weighted by Gasteiger charge is -2.48. The molecule has 0 bridgehead atoms. The van der Waals surface area contributed by atoms with Crippen molar-refractivity contribution in [1.82, 2.24) is 4.98 Å². The molecule has 0 unspecified atom stereocenters. The highest BCUT2D eigenvalue weighted by atomic mass is 16.5. The van der Waals surface area contributed by atoms with Crippen LogP contribution in [-0.4, -0.2) is 30.7 Å². The lowest BCUT2D eigenvalue weighted by Crippen LogP contribution is -2.67. The van der Waals surface area contributed by atoms with E-state index in [-0.39, 0.29) is 5.54 Å². The predicted octanol–water partition coefficient (Wildman–Crippen LogP) is 2.56. The van der Waals surface area contributed by atoms with Gasteiger partial charge in [-0.2, -0.15) is 0 Å². The van der Waals surface area contributed by atoms with Crippen molar-refractivity contribution >= 4 is 16.6 Å². The number of benzene rings is 1.